The number of carbonyl (C=O) groups excluding carboxylic acids is 2. The fraction of sp³-hybridized carbons (Fsp3) is 0.391. The van der Waals surface area contributed by atoms with E-state index >= 15 is 0 Å². The Hall–Kier alpha value is -2.66. The van der Waals surface area contributed by atoms with Crippen molar-refractivity contribution in [3.63, 3.8) is 0 Å². The summed E-state index contributed by atoms with van der Waals surface area (Å²) in [6, 6.07) is 18.0. The maximum atomic E-state index is 12.9. The van der Waals surface area contributed by atoms with E-state index in [9.17, 15) is 9.59 Å². The zero-order valence-corrected chi connectivity index (χ0v) is 16.6. The summed E-state index contributed by atoms with van der Waals surface area (Å²) >= 11 is 0. The van der Waals surface area contributed by atoms with Crippen LogP contribution in [0.15, 0.2) is 54.6 Å². The molecule has 5 nitrogen and oxygen atoms in total. The number of amides is 2. The minimum absolute atomic E-state index is 0.115. The van der Waals surface area contributed by atoms with Crippen molar-refractivity contribution >= 4 is 17.5 Å². The zero-order chi connectivity index (χ0) is 19.7. The molecule has 0 aliphatic carbocycles. The molecule has 4 rings (SSSR count). The third-order valence-corrected chi connectivity index (χ3v) is 6.16. The Balaban J connectivity index is 1.48. The van der Waals surface area contributed by atoms with Crippen LogP contribution in [0.5, 0.6) is 0 Å². The first-order chi connectivity index (χ1) is 13.5. The van der Waals surface area contributed by atoms with E-state index in [-0.39, 0.29) is 17.4 Å². The van der Waals surface area contributed by atoms with Gasteiger partial charge in [0, 0.05) is 25.3 Å². The van der Waals surface area contributed by atoms with Gasteiger partial charge in [0.25, 0.3) is 0 Å². The van der Waals surface area contributed by atoms with E-state index in [0.29, 0.717) is 26.1 Å². The van der Waals surface area contributed by atoms with E-state index < -0.39 is 0 Å². The highest BCUT2D eigenvalue weighted by atomic mass is 16.2. The topological polar surface area (TPSA) is 43.9 Å². The molecule has 0 N–H and O–H groups in total. The molecule has 2 aliphatic heterocycles. The highest BCUT2D eigenvalue weighted by molar-refractivity contribution is 5.96. The summed E-state index contributed by atoms with van der Waals surface area (Å²) in [6.45, 7) is 4.47. The average Bonchev–Trinajstić information content (AvgIpc) is 3.13. The lowest BCUT2D eigenvalue weighted by Gasteiger charge is -2.46. The first-order valence-corrected chi connectivity index (χ1v) is 9.87. The summed E-state index contributed by atoms with van der Waals surface area (Å²) in [5, 5.41) is 0. The van der Waals surface area contributed by atoms with E-state index in [4.69, 9.17) is 0 Å². The molecule has 28 heavy (non-hydrogen) atoms. The fourth-order valence-corrected chi connectivity index (χ4v) is 4.30. The summed E-state index contributed by atoms with van der Waals surface area (Å²) in [5.74, 6) is 0.279. The number of nitrogens with zero attached hydrogens (tertiary/aromatic N) is 3. The van der Waals surface area contributed by atoms with Gasteiger partial charge in [-0.15, -0.1) is 0 Å². The Labute approximate surface area is 166 Å². The van der Waals surface area contributed by atoms with E-state index in [1.54, 1.807) is 0 Å². The van der Waals surface area contributed by atoms with Crippen molar-refractivity contribution in [2.45, 2.75) is 25.3 Å². The molecule has 0 bridgehead atoms. The standard InChI is InChI=1S/C23H27N3O2/c1-18-8-10-19(11-9-18)14-21(27)25-13-12-23(16-25)17-26(22(28)15-24(23)2)20-6-4-3-5-7-20/h3-11H,12-17H2,1-2H3/t23-/m1/s1. The molecular formula is C23H27N3O2. The normalized spacial score (nSPS) is 22.9. The zero-order valence-electron chi connectivity index (χ0n) is 16.6. The van der Waals surface area contributed by atoms with Gasteiger partial charge in [-0.2, -0.15) is 0 Å². The predicted octanol–water partition coefficient (Wildman–Crippen LogP) is 2.49. The molecule has 2 heterocycles. The Bertz CT molecular complexity index is 865. The number of likely N-dealkylation sites (tertiary alicyclic amines) is 1. The first kappa shape index (κ1) is 18.7. The van der Waals surface area contributed by atoms with Crippen LogP contribution in [-0.4, -0.2) is 60.4 Å². The highest BCUT2D eigenvalue weighted by Crippen LogP contribution is 2.33. The van der Waals surface area contributed by atoms with Crippen LogP contribution in [0, 0.1) is 6.92 Å². The second kappa shape index (κ2) is 7.40. The number of para-hydroxylation sites is 1. The monoisotopic (exact) mass is 377 g/mol. The van der Waals surface area contributed by atoms with Crippen molar-refractivity contribution in [3.8, 4) is 0 Å². The second-order valence-electron chi connectivity index (χ2n) is 8.12. The minimum atomic E-state index is -0.174. The lowest BCUT2D eigenvalue weighted by molar-refractivity contribution is -0.130. The van der Waals surface area contributed by atoms with Crippen molar-refractivity contribution in [1.29, 1.82) is 0 Å². The van der Waals surface area contributed by atoms with Crippen LogP contribution >= 0.6 is 0 Å². The summed E-state index contributed by atoms with van der Waals surface area (Å²) in [7, 11) is 2.01. The van der Waals surface area contributed by atoms with Crippen molar-refractivity contribution in [2.24, 2.45) is 0 Å². The van der Waals surface area contributed by atoms with Gasteiger partial charge in [0.05, 0.1) is 18.5 Å². The van der Waals surface area contributed by atoms with E-state index in [2.05, 4.69) is 11.8 Å². The molecule has 0 aromatic heterocycles. The second-order valence-corrected chi connectivity index (χ2v) is 8.12. The lowest BCUT2D eigenvalue weighted by Crippen LogP contribution is -2.64. The van der Waals surface area contributed by atoms with Gasteiger partial charge in [-0.1, -0.05) is 48.0 Å². The largest absolute Gasteiger partial charge is 0.340 e. The summed E-state index contributed by atoms with van der Waals surface area (Å²) in [4.78, 5) is 31.5. The SMILES string of the molecule is Cc1ccc(CC(=O)N2CC[C@@]3(C2)CN(c2ccccc2)C(=O)CN3C)cc1. The van der Waals surface area contributed by atoms with Gasteiger partial charge >= 0.3 is 0 Å². The van der Waals surface area contributed by atoms with E-state index in [1.807, 2.05) is 71.4 Å². The number of rotatable bonds is 3. The fourth-order valence-electron chi connectivity index (χ4n) is 4.30. The predicted molar refractivity (Wildman–Crippen MR) is 110 cm³/mol. The number of benzene rings is 2. The molecule has 5 heteroatoms. The quantitative estimate of drug-likeness (QED) is 0.826. The maximum Gasteiger partial charge on any atom is 0.241 e. The van der Waals surface area contributed by atoms with Gasteiger partial charge < -0.3 is 9.80 Å². The molecule has 1 atom stereocenters. The molecule has 2 fully saturated rings. The van der Waals surface area contributed by atoms with Gasteiger partial charge in [-0.25, -0.2) is 0 Å². The van der Waals surface area contributed by atoms with E-state index in [1.165, 1.54) is 5.56 Å². The summed E-state index contributed by atoms with van der Waals surface area (Å²) in [6.07, 6.45) is 1.32. The van der Waals surface area contributed by atoms with Gasteiger partial charge in [0.1, 0.15) is 0 Å². The molecule has 0 saturated carbocycles. The van der Waals surface area contributed by atoms with Crippen molar-refractivity contribution in [3.05, 3.63) is 65.7 Å². The molecule has 2 saturated heterocycles. The number of hydrogen-bond donors (Lipinski definition) is 0. The Morgan fingerprint density at radius 2 is 1.75 bits per heavy atom. The third-order valence-electron chi connectivity index (χ3n) is 6.16. The van der Waals surface area contributed by atoms with Crippen LogP contribution in [0.2, 0.25) is 0 Å². The molecular weight excluding hydrogens is 350 g/mol. The molecule has 2 aromatic carbocycles. The molecule has 146 valence electrons. The molecule has 2 aromatic rings. The first-order valence-electron chi connectivity index (χ1n) is 9.87. The van der Waals surface area contributed by atoms with Crippen LogP contribution in [0.4, 0.5) is 5.69 Å². The lowest BCUT2D eigenvalue weighted by atomic mass is 9.92. The van der Waals surface area contributed by atoms with Gasteiger partial charge in [-0.05, 0) is 38.1 Å². The van der Waals surface area contributed by atoms with Crippen LogP contribution in [-0.2, 0) is 16.0 Å². The number of hydrogen-bond acceptors (Lipinski definition) is 3. The molecule has 0 unspecified atom stereocenters. The number of anilines is 1. The van der Waals surface area contributed by atoms with Crippen LogP contribution in [0.25, 0.3) is 0 Å². The van der Waals surface area contributed by atoms with Crippen LogP contribution in [0.3, 0.4) is 0 Å². The molecule has 2 aliphatic rings. The van der Waals surface area contributed by atoms with E-state index in [0.717, 1.165) is 24.2 Å². The highest BCUT2D eigenvalue weighted by Gasteiger charge is 2.48. The Morgan fingerprint density at radius 3 is 2.46 bits per heavy atom. The molecule has 2 amide bonds. The summed E-state index contributed by atoms with van der Waals surface area (Å²) < 4.78 is 0. The minimum Gasteiger partial charge on any atom is -0.340 e. The third kappa shape index (κ3) is 3.54. The summed E-state index contributed by atoms with van der Waals surface area (Å²) in [5.41, 5.74) is 3.01. The average molecular weight is 377 g/mol. The number of carbonyl (C=O) groups is 2. The number of likely N-dealkylation sites (N-methyl/N-ethyl adjacent to an activating group) is 1. The molecule has 1 spiro atoms. The maximum absolute atomic E-state index is 12.9. The van der Waals surface area contributed by atoms with Crippen molar-refractivity contribution < 1.29 is 9.59 Å². The van der Waals surface area contributed by atoms with Crippen LogP contribution in [0.1, 0.15) is 17.5 Å². The Kier molecular flexibility index (Phi) is 4.94. The molecule has 0 radical (unpaired) electrons. The van der Waals surface area contributed by atoms with Crippen molar-refractivity contribution in [2.75, 3.05) is 38.1 Å². The van der Waals surface area contributed by atoms with Crippen LogP contribution < -0.4 is 4.90 Å². The number of piperazine rings is 1. The van der Waals surface area contributed by atoms with Crippen molar-refractivity contribution in [1.82, 2.24) is 9.80 Å². The Morgan fingerprint density at radius 1 is 1.04 bits per heavy atom. The van der Waals surface area contributed by atoms with Gasteiger partial charge in [0.2, 0.25) is 11.8 Å². The van der Waals surface area contributed by atoms with Gasteiger partial charge in [0.15, 0.2) is 0 Å². The van der Waals surface area contributed by atoms with Gasteiger partial charge in [-0.3, -0.25) is 14.5 Å². The number of aryl methyl sites for hydroxylation is 1. The smallest absolute Gasteiger partial charge is 0.241 e.